The van der Waals surface area contributed by atoms with Crippen LogP contribution in [0, 0.1) is 0 Å². The average Bonchev–Trinajstić information content (AvgIpc) is 1.86. The Morgan fingerprint density at radius 2 is 2.30 bits per heavy atom. The molecule has 0 spiro atoms. The topological polar surface area (TPSA) is 77.8 Å². The molecule has 0 aromatic heterocycles. The molecule has 0 heterocycles. The van der Waals surface area contributed by atoms with Crippen LogP contribution < -0.4 is 0 Å². The quantitative estimate of drug-likeness (QED) is 0.509. The van der Waals surface area contributed by atoms with Crippen LogP contribution in [0.2, 0.25) is 0 Å². The number of rotatable bonds is 4. The lowest BCUT2D eigenvalue weighted by atomic mass is 9.99. The number of aliphatic hydroxyl groups excluding tert-OH is 1. The molecule has 60 valence electrons. The Labute approximate surface area is 61.9 Å². The zero-order valence-corrected chi connectivity index (χ0v) is 5.66. The molecule has 0 amide bonds. The molecule has 0 aliphatic carbocycles. The fourth-order valence-corrected chi connectivity index (χ4v) is 0.511. The minimum Gasteiger partial charge on any atom is -0.481 e. The number of aliphatic hydroxyl groups is 2. The van der Waals surface area contributed by atoms with Crippen molar-refractivity contribution in [1.82, 2.24) is 0 Å². The number of aliphatic carboxylic acids is 1. The molecule has 0 saturated carbocycles. The normalized spacial score (nSPS) is 20.7. The van der Waals surface area contributed by atoms with Gasteiger partial charge >= 0.3 is 5.97 Å². The largest absolute Gasteiger partial charge is 0.481 e. The third kappa shape index (κ3) is 4.29. The molecule has 0 aliphatic rings. The van der Waals surface area contributed by atoms with E-state index < -0.39 is 24.6 Å². The molecule has 0 radical (unpaired) electrons. The van der Waals surface area contributed by atoms with Crippen LogP contribution in [0.15, 0.2) is 0 Å². The van der Waals surface area contributed by atoms with Crippen molar-refractivity contribution < 1.29 is 22.9 Å². The molecular weight excluding hydrogens is 136 g/mol. The number of carboxylic acids is 1. The molecule has 0 fully saturated rings. The molecule has 0 aromatic carbocycles. The Hall–Kier alpha value is -0.610. The standard InChI is InChI=1S/C6H12O4/c1-6(10,2-3-7)4-5(8)9/h7,10H,2-4H2,1H3,(H,8,9)/i4D2. The van der Waals surface area contributed by atoms with Crippen LogP contribution in [0.3, 0.4) is 0 Å². The average molecular weight is 150 g/mol. The van der Waals surface area contributed by atoms with Crippen molar-refractivity contribution in [2.45, 2.75) is 25.3 Å². The molecule has 10 heavy (non-hydrogen) atoms. The Kier molecular flexibility index (Phi) is 2.16. The first-order valence-corrected chi connectivity index (χ1v) is 2.82. The number of carbonyl (C=O) groups is 1. The summed E-state index contributed by atoms with van der Waals surface area (Å²) in [5.41, 5.74) is -2.05. The zero-order valence-electron chi connectivity index (χ0n) is 7.66. The van der Waals surface area contributed by atoms with Gasteiger partial charge in [-0.05, 0) is 13.3 Å². The van der Waals surface area contributed by atoms with Crippen LogP contribution >= 0.6 is 0 Å². The maximum Gasteiger partial charge on any atom is 0.306 e. The minimum atomic E-state index is -2.74. The molecule has 1 unspecified atom stereocenters. The van der Waals surface area contributed by atoms with E-state index >= 15 is 0 Å². The van der Waals surface area contributed by atoms with E-state index in [2.05, 4.69) is 0 Å². The maximum atomic E-state index is 10.3. The summed E-state index contributed by atoms with van der Waals surface area (Å²) in [6.07, 6.45) is -3.05. The Bertz CT molecular complexity index is 178. The first kappa shape index (κ1) is 6.12. The minimum absolute atomic E-state index is 0.313. The van der Waals surface area contributed by atoms with Gasteiger partial charge in [-0.3, -0.25) is 4.79 Å². The third-order valence-corrected chi connectivity index (χ3v) is 0.975. The molecule has 1 atom stereocenters. The van der Waals surface area contributed by atoms with Crippen LogP contribution in [0.4, 0.5) is 0 Å². The van der Waals surface area contributed by atoms with Gasteiger partial charge in [-0.1, -0.05) is 0 Å². The van der Waals surface area contributed by atoms with E-state index in [-0.39, 0.29) is 6.42 Å². The van der Waals surface area contributed by atoms with Crippen molar-refractivity contribution in [1.29, 1.82) is 0 Å². The highest BCUT2D eigenvalue weighted by molar-refractivity contribution is 5.67. The fourth-order valence-electron chi connectivity index (χ4n) is 0.511. The third-order valence-electron chi connectivity index (χ3n) is 0.975. The van der Waals surface area contributed by atoms with Crippen LogP contribution in [0.25, 0.3) is 0 Å². The summed E-state index contributed by atoms with van der Waals surface area (Å²) in [6.45, 7) is 0.580. The van der Waals surface area contributed by atoms with Gasteiger partial charge in [-0.15, -0.1) is 0 Å². The zero-order chi connectivity index (χ0) is 9.99. The van der Waals surface area contributed by atoms with Gasteiger partial charge in [-0.25, -0.2) is 0 Å². The van der Waals surface area contributed by atoms with Crippen molar-refractivity contribution in [3.05, 3.63) is 0 Å². The first-order chi connectivity index (χ1) is 5.25. The summed E-state index contributed by atoms with van der Waals surface area (Å²) < 4.78 is 14.0. The highest BCUT2D eigenvalue weighted by Gasteiger charge is 2.22. The van der Waals surface area contributed by atoms with Crippen molar-refractivity contribution >= 4 is 5.97 Å². The van der Waals surface area contributed by atoms with Crippen molar-refractivity contribution in [3.63, 3.8) is 0 Å². The first-order valence-electron chi connectivity index (χ1n) is 3.82. The van der Waals surface area contributed by atoms with Crippen LogP contribution in [-0.4, -0.2) is 33.5 Å². The van der Waals surface area contributed by atoms with Gasteiger partial charge in [0.15, 0.2) is 0 Å². The predicted molar refractivity (Wildman–Crippen MR) is 34.6 cm³/mol. The second-order valence-electron chi connectivity index (χ2n) is 2.18. The maximum absolute atomic E-state index is 10.3. The molecule has 4 heteroatoms. The molecule has 0 aliphatic heterocycles. The van der Waals surface area contributed by atoms with Crippen molar-refractivity contribution in [2.75, 3.05) is 6.61 Å². The van der Waals surface area contributed by atoms with E-state index in [1.807, 2.05) is 0 Å². The van der Waals surface area contributed by atoms with Gasteiger partial charge in [0, 0.05) is 9.35 Å². The van der Waals surface area contributed by atoms with Gasteiger partial charge in [0.25, 0.3) is 0 Å². The fraction of sp³-hybridized carbons (Fsp3) is 0.833. The summed E-state index contributed by atoms with van der Waals surface area (Å²) in [5, 5.41) is 26.1. The highest BCUT2D eigenvalue weighted by atomic mass is 16.4. The van der Waals surface area contributed by atoms with E-state index in [9.17, 15) is 9.90 Å². The number of carboxylic acid groups (broad SMARTS) is 1. The molecule has 0 rings (SSSR count). The summed E-state index contributed by atoms with van der Waals surface area (Å²) in [7, 11) is 0. The SMILES string of the molecule is [2H]C([2H])(C(=O)O)C(C)(O)CCO. The van der Waals surface area contributed by atoms with E-state index in [1.54, 1.807) is 0 Å². The Balaban J connectivity index is 4.62. The van der Waals surface area contributed by atoms with Crippen molar-refractivity contribution in [3.8, 4) is 0 Å². The van der Waals surface area contributed by atoms with Gasteiger partial charge in [0.05, 0.1) is 12.0 Å². The lowest BCUT2D eigenvalue weighted by molar-refractivity contribution is -0.142. The molecule has 4 nitrogen and oxygen atoms in total. The molecule has 0 saturated heterocycles. The number of hydrogen-bond donors (Lipinski definition) is 3. The predicted octanol–water partition coefficient (Wildman–Crippen LogP) is -0.406. The van der Waals surface area contributed by atoms with E-state index in [0.717, 1.165) is 6.92 Å². The van der Waals surface area contributed by atoms with E-state index in [0.29, 0.717) is 0 Å². The van der Waals surface area contributed by atoms with E-state index in [4.69, 9.17) is 13.0 Å². The monoisotopic (exact) mass is 150 g/mol. The second-order valence-corrected chi connectivity index (χ2v) is 2.18. The summed E-state index contributed by atoms with van der Waals surface area (Å²) >= 11 is 0. The Morgan fingerprint density at radius 3 is 2.60 bits per heavy atom. The molecule has 3 N–H and O–H groups in total. The number of hydrogen-bond acceptors (Lipinski definition) is 3. The molecule has 0 aromatic rings. The summed E-state index contributed by atoms with van der Waals surface area (Å²) in [6, 6.07) is 0. The second kappa shape index (κ2) is 3.53. The van der Waals surface area contributed by atoms with Crippen molar-refractivity contribution in [2.24, 2.45) is 0 Å². The highest BCUT2D eigenvalue weighted by Crippen LogP contribution is 2.12. The van der Waals surface area contributed by atoms with Crippen LogP contribution in [-0.2, 0) is 4.79 Å². The summed E-state index contributed by atoms with van der Waals surface area (Å²) in [5.74, 6) is -1.74. The van der Waals surface area contributed by atoms with Gasteiger partial charge in [0.2, 0.25) is 0 Å². The lowest BCUT2D eigenvalue weighted by Gasteiger charge is -2.18. The van der Waals surface area contributed by atoms with Gasteiger partial charge < -0.3 is 15.3 Å². The van der Waals surface area contributed by atoms with Crippen LogP contribution in [0.5, 0.6) is 0 Å². The van der Waals surface area contributed by atoms with Gasteiger partial charge in [0.1, 0.15) is 0 Å². The van der Waals surface area contributed by atoms with Crippen LogP contribution in [0.1, 0.15) is 22.5 Å². The van der Waals surface area contributed by atoms with E-state index in [1.165, 1.54) is 0 Å². The smallest absolute Gasteiger partial charge is 0.306 e. The van der Waals surface area contributed by atoms with Gasteiger partial charge in [-0.2, -0.15) is 0 Å². The lowest BCUT2D eigenvalue weighted by Crippen LogP contribution is -2.28. The summed E-state index contributed by atoms with van der Waals surface area (Å²) in [4.78, 5) is 10.3. The molecule has 0 bridgehead atoms. The molecular formula is C6H12O4. The Morgan fingerprint density at radius 1 is 1.80 bits per heavy atom.